The first kappa shape index (κ1) is 23.8. The summed E-state index contributed by atoms with van der Waals surface area (Å²) in [5, 5.41) is 15.7. The summed E-state index contributed by atoms with van der Waals surface area (Å²) in [5.41, 5.74) is 1.72. The van der Waals surface area contributed by atoms with Crippen molar-refractivity contribution in [2.24, 2.45) is 0 Å². The van der Waals surface area contributed by atoms with Crippen molar-refractivity contribution in [2.75, 3.05) is 26.7 Å². The fraction of sp³-hybridized carbons (Fsp3) is 0.391. The average molecular weight is 422 g/mol. The number of hydrogen-bond donors (Lipinski definition) is 3. The normalized spacial score (nSPS) is 12.2. The molecule has 1 atom stereocenters. The lowest BCUT2D eigenvalue weighted by Crippen LogP contribution is -2.30. The van der Waals surface area contributed by atoms with E-state index in [9.17, 15) is 18.3 Å². The lowest BCUT2D eigenvalue weighted by Gasteiger charge is -2.20. The maximum atomic E-state index is 13.4. The van der Waals surface area contributed by atoms with E-state index in [1.807, 2.05) is 7.05 Å². The van der Waals surface area contributed by atoms with Crippen LogP contribution < -0.4 is 10.6 Å². The van der Waals surface area contributed by atoms with Crippen molar-refractivity contribution in [1.82, 2.24) is 10.6 Å². The first-order valence-electron chi connectivity index (χ1n) is 9.95. The number of likely N-dealkylation sites (N-methyl/N-ethyl adjacent to an activating group) is 1. The predicted octanol–water partition coefficient (Wildman–Crippen LogP) is 4.66. The summed E-state index contributed by atoms with van der Waals surface area (Å²) < 4.78 is 45.1. The summed E-state index contributed by atoms with van der Waals surface area (Å²) in [5.74, 6) is -0.686. The minimum atomic E-state index is -2.82. The van der Waals surface area contributed by atoms with Crippen LogP contribution in [-0.2, 0) is 11.2 Å². The molecule has 0 saturated heterocycles. The van der Waals surface area contributed by atoms with Crippen LogP contribution in [0.5, 0.6) is 5.75 Å². The van der Waals surface area contributed by atoms with Gasteiger partial charge in [0, 0.05) is 18.8 Å². The van der Waals surface area contributed by atoms with Crippen LogP contribution in [0, 0.1) is 5.82 Å². The van der Waals surface area contributed by atoms with Crippen LogP contribution in [0.25, 0.3) is 5.70 Å². The molecule has 164 valence electrons. The lowest BCUT2D eigenvalue weighted by atomic mass is 10.0. The molecular formula is C23H29F3N2O2. The Morgan fingerprint density at radius 1 is 1.17 bits per heavy atom. The van der Waals surface area contributed by atoms with Gasteiger partial charge in [-0.1, -0.05) is 12.6 Å². The topological polar surface area (TPSA) is 53.5 Å². The van der Waals surface area contributed by atoms with Crippen molar-refractivity contribution in [3.63, 3.8) is 0 Å². The van der Waals surface area contributed by atoms with E-state index in [1.54, 1.807) is 30.3 Å². The highest BCUT2D eigenvalue weighted by Crippen LogP contribution is 2.24. The van der Waals surface area contributed by atoms with Gasteiger partial charge in [-0.15, -0.1) is 0 Å². The van der Waals surface area contributed by atoms with Crippen molar-refractivity contribution in [2.45, 2.75) is 31.8 Å². The van der Waals surface area contributed by atoms with Crippen LogP contribution in [0.1, 0.15) is 36.0 Å². The molecule has 0 radical (unpaired) electrons. The second-order valence-electron chi connectivity index (χ2n) is 7.05. The molecule has 4 nitrogen and oxygen atoms in total. The maximum Gasteiger partial charge on any atom is 0.266 e. The van der Waals surface area contributed by atoms with Gasteiger partial charge in [-0.3, -0.25) is 0 Å². The number of phenolic OH excluding ortho intramolecular Hbond substituents is 1. The zero-order valence-corrected chi connectivity index (χ0v) is 17.1. The van der Waals surface area contributed by atoms with Gasteiger partial charge in [0.05, 0.1) is 18.3 Å². The smallest absolute Gasteiger partial charge is 0.266 e. The van der Waals surface area contributed by atoms with E-state index >= 15 is 0 Å². The van der Waals surface area contributed by atoms with E-state index in [0.29, 0.717) is 44.5 Å². The Hall–Kier alpha value is -2.51. The molecule has 0 amide bonds. The molecule has 0 aliphatic rings. The Morgan fingerprint density at radius 3 is 2.57 bits per heavy atom. The van der Waals surface area contributed by atoms with Gasteiger partial charge in [-0.05, 0) is 73.8 Å². The number of ether oxygens (including phenoxy) is 1. The van der Waals surface area contributed by atoms with E-state index < -0.39 is 17.8 Å². The second kappa shape index (κ2) is 12.2. The number of halogens is 3. The summed E-state index contributed by atoms with van der Waals surface area (Å²) in [7, 11) is 1.85. The molecule has 1 unspecified atom stereocenters. The molecule has 0 fully saturated rings. The molecule has 0 spiro atoms. The number of nitrogens with one attached hydrogen (secondary N) is 2. The van der Waals surface area contributed by atoms with E-state index in [4.69, 9.17) is 4.74 Å². The van der Waals surface area contributed by atoms with Crippen LogP contribution in [0.2, 0.25) is 0 Å². The zero-order valence-electron chi connectivity index (χ0n) is 17.1. The van der Waals surface area contributed by atoms with Gasteiger partial charge in [-0.2, -0.15) is 0 Å². The van der Waals surface area contributed by atoms with Crippen LogP contribution >= 0.6 is 0 Å². The molecule has 7 heteroatoms. The zero-order chi connectivity index (χ0) is 21.9. The molecule has 0 heterocycles. The molecule has 2 aromatic rings. The maximum absolute atomic E-state index is 13.4. The third kappa shape index (κ3) is 7.72. The number of benzene rings is 2. The summed E-state index contributed by atoms with van der Waals surface area (Å²) in [6.07, 6.45) is -0.933. The van der Waals surface area contributed by atoms with Gasteiger partial charge in [0.1, 0.15) is 11.6 Å². The lowest BCUT2D eigenvalue weighted by molar-refractivity contribution is 0.0515. The Kier molecular flexibility index (Phi) is 9.70. The van der Waals surface area contributed by atoms with E-state index in [2.05, 4.69) is 17.2 Å². The molecule has 3 N–H and O–H groups in total. The Morgan fingerprint density at radius 2 is 1.90 bits per heavy atom. The fourth-order valence-electron chi connectivity index (χ4n) is 3.02. The van der Waals surface area contributed by atoms with Gasteiger partial charge in [0.15, 0.2) is 0 Å². The first-order valence-corrected chi connectivity index (χ1v) is 9.95. The van der Waals surface area contributed by atoms with Crippen LogP contribution in [0.4, 0.5) is 13.2 Å². The van der Waals surface area contributed by atoms with Crippen molar-refractivity contribution < 1.29 is 23.0 Å². The van der Waals surface area contributed by atoms with Gasteiger partial charge < -0.3 is 20.5 Å². The monoisotopic (exact) mass is 422 g/mol. The summed E-state index contributed by atoms with van der Waals surface area (Å²) in [4.78, 5) is 0. The Bertz CT molecular complexity index is 798. The van der Waals surface area contributed by atoms with E-state index in [0.717, 1.165) is 17.3 Å². The molecule has 0 bridgehead atoms. The third-order valence-corrected chi connectivity index (χ3v) is 4.75. The number of hydrogen-bond acceptors (Lipinski definition) is 4. The molecule has 0 aromatic heterocycles. The van der Waals surface area contributed by atoms with Crippen LogP contribution in [-0.4, -0.2) is 38.0 Å². The summed E-state index contributed by atoms with van der Waals surface area (Å²) >= 11 is 0. The van der Waals surface area contributed by atoms with Crippen LogP contribution in [0.3, 0.4) is 0 Å². The van der Waals surface area contributed by atoms with Crippen molar-refractivity contribution >= 4 is 5.70 Å². The van der Waals surface area contributed by atoms with Crippen LogP contribution in [0.15, 0.2) is 49.0 Å². The molecular weight excluding hydrogens is 393 g/mol. The molecule has 30 heavy (non-hydrogen) atoms. The van der Waals surface area contributed by atoms with Gasteiger partial charge >= 0.3 is 0 Å². The highest BCUT2D eigenvalue weighted by Gasteiger charge is 2.15. The molecule has 0 saturated carbocycles. The molecule has 2 aromatic carbocycles. The third-order valence-electron chi connectivity index (χ3n) is 4.75. The summed E-state index contributed by atoms with van der Waals surface area (Å²) in [6, 6.07) is 10.6. The Labute approximate surface area is 175 Å². The number of rotatable bonds is 13. The van der Waals surface area contributed by atoms with Gasteiger partial charge in [0.25, 0.3) is 6.43 Å². The number of aryl methyl sites for hydroxylation is 1. The van der Waals surface area contributed by atoms with Gasteiger partial charge in [-0.25, -0.2) is 13.2 Å². The molecule has 0 aliphatic carbocycles. The van der Waals surface area contributed by atoms with Crippen molar-refractivity contribution in [1.29, 1.82) is 0 Å². The van der Waals surface area contributed by atoms with E-state index in [1.165, 1.54) is 6.07 Å². The quantitative estimate of drug-likeness (QED) is 0.411. The molecule has 2 rings (SSSR count). The Balaban J connectivity index is 1.88. The minimum absolute atomic E-state index is 0.0952. The second-order valence-corrected chi connectivity index (χ2v) is 7.05. The highest BCUT2D eigenvalue weighted by atomic mass is 19.3. The number of alkyl halides is 2. The average Bonchev–Trinajstić information content (AvgIpc) is 2.73. The number of phenols is 1. The predicted molar refractivity (Wildman–Crippen MR) is 113 cm³/mol. The van der Waals surface area contributed by atoms with Crippen molar-refractivity contribution in [3.8, 4) is 5.75 Å². The number of aromatic hydroxyl groups is 1. The first-order chi connectivity index (χ1) is 14.4. The SMILES string of the molecule is C=C(NCC(CCCc1ccc(F)c(C(F)F)c1)OCCNC)c1ccc(O)cc1. The summed E-state index contributed by atoms with van der Waals surface area (Å²) in [6.45, 7) is 5.81. The molecule has 0 aliphatic heterocycles. The van der Waals surface area contributed by atoms with Crippen molar-refractivity contribution in [3.05, 3.63) is 71.6 Å². The minimum Gasteiger partial charge on any atom is -0.508 e. The fourth-order valence-corrected chi connectivity index (χ4v) is 3.02. The largest absolute Gasteiger partial charge is 0.508 e. The van der Waals surface area contributed by atoms with E-state index in [-0.39, 0.29) is 11.9 Å². The highest BCUT2D eigenvalue weighted by molar-refractivity contribution is 5.62. The van der Waals surface area contributed by atoms with Gasteiger partial charge in [0.2, 0.25) is 0 Å². The standard InChI is InChI=1S/C23H29F3N2O2/c1-16(18-7-9-19(29)10-8-18)28-15-20(30-13-12-27-2)5-3-4-17-6-11-22(24)21(14-17)23(25)26/h6-11,14,20,23,27-29H,1,3-5,12-13,15H2,2H3.